The Morgan fingerprint density at radius 3 is 1.50 bits per heavy atom. The summed E-state index contributed by atoms with van der Waals surface area (Å²) in [6.45, 7) is -2.62. The van der Waals surface area contributed by atoms with Crippen molar-refractivity contribution in [2.45, 2.75) is 9.79 Å². The second-order valence-electron chi connectivity index (χ2n) is 6.00. The van der Waals surface area contributed by atoms with Gasteiger partial charge in [-0.05, 0) is 0 Å². The van der Waals surface area contributed by atoms with Crippen LogP contribution in [0.5, 0.6) is 11.5 Å². The van der Waals surface area contributed by atoms with Gasteiger partial charge >= 0.3 is 10.1 Å². The Hall–Kier alpha value is -2.42. The van der Waals surface area contributed by atoms with E-state index in [1.54, 1.807) is 0 Å². The van der Waals surface area contributed by atoms with Crippen LogP contribution in [0.4, 0.5) is 35.1 Å². The first-order chi connectivity index (χ1) is 16.8. The highest BCUT2D eigenvalue weighted by molar-refractivity contribution is 7.94. The molecular formula is C17H12F8O9S2. The first kappa shape index (κ1) is 29.8. The zero-order valence-electron chi connectivity index (χ0n) is 17.4. The largest absolute Gasteiger partial charge is 0.485 e. The van der Waals surface area contributed by atoms with E-state index in [1.165, 1.54) is 0 Å². The number of benzene rings is 2. The topological polar surface area (TPSA) is 110 Å². The van der Waals surface area contributed by atoms with E-state index in [2.05, 4.69) is 23.7 Å². The van der Waals surface area contributed by atoms with Gasteiger partial charge in [0, 0.05) is 0 Å². The first-order valence-corrected chi connectivity index (χ1v) is 11.1. The van der Waals surface area contributed by atoms with E-state index in [1.807, 2.05) is 0 Å². The second kappa shape index (κ2) is 12.7. The van der Waals surface area contributed by atoms with Gasteiger partial charge < -0.3 is 14.2 Å². The van der Waals surface area contributed by atoms with Gasteiger partial charge in [-0.2, -0.15) is 26.0 Å². The minimum Gasteiger partial charge on any atom is -0.485 e. The number of halogens is 8. The molecule has 9 nitrogen and oxygen atoms in total. The third-order valence-corrected chi connectivity index (χ3v) is 5.31. The summed E-state index contributed by atoms with van der Waals surface area (Å²) >= 11 is -0.237. The van der Waals surface area contributed by atoms with E-state index >= 15 is 0 Å². The molecule has 0 aromatic heterocycles. The van der Waals surface area contributed by atoms with E-state index in [0.29, 0.717) is 0 Å². The summed E-state index contributed by atoms with van der Waals surface area (Å²) in [6.07, 6.45) is 0. The highest BCUT2D eigenvalue weighted by Gasteiger charge is 2.33. The van der Waals surface area contributed by atoms with Gasteiger partial charge in [-0.25, -0.2) is 22.4 Å². The highest BCUT2D eigenvalue weighted by atomic mass is 32.2. The molecule has 0 unspecified atom stereocenters. The van der Waals surface area contributed by atoms with E-state index in [9.17, 15) is 43.5 Å². The van der Waals surface area contributed by atoms with E-state index in [4.69, 9.17) is 9.29 Å². The van der Waals surface area contributed by atoms with Crippen molar-refractivity contribution in [1.29, 1.82) is 0 Å². The van der Waals surface area contributed by atoms with Crippen LogP contribution in [0.3, 0.4) is 0 Å². The second-order valence-corrected chi connectivity index (χ2v) is 8.07. The van der Waals surface area contributed by atoms with Crippen molar-refractivity contribution in [3.8, 4) is 11.5 Å². The fourth-order valence-corrected chi connectivity index (χ4v) is 3.43. The molecule has 0 amide bonds. The molecule has 0 aliphatic carbocycles. The summed E-state index contributed by atoms with van der Waals surface area (Å²) in [5.41, 5.74) is 0. The monoisotopic (exact) mass is 576 g/mol. The zero-order valence-corrected chi connectivity index (χ0v) is 19.0. The SMILES string of the molecule is COOOSc1c(F)c(F)c(OCCOCCOc2c(F)c(F)c(S(=O)(=O)O)c(F)c2F)c(F)c1F. The molecule has 2 aromatic rings. The van der Waals surface area contributed by atoms with Crippen LogP contribution in [-0.2, 0) is 29.1 Å². The predicted molar refractivity (Wildman–Crippen MR) is 99.2 cm³/mol. The summed E-state index contributed by atoms with van der Waals surface area (Å²) in [5, 5.41) is 3.85. The van der Waals surface area contributed by atoms with E-state index in [-0.39, 0.29) is 12.0 Å². The van der Waals surface area contributed by atoms with Crippen LogP contribution < -0.4 is 9.47 Å². The summed E-state index contributed by atoms with van der Waals surface area (Å²) in [7, 11) is -4.67. The molecule has 0 heterocycles. The zero-order chi connectivity index (χ0) is 27.2. The van der Waals surface area contributed by atoms with Gasteiger partial charge in [0.15, 0.2) is 39.7 Å². The summed E-state index contributed by atoms with van der Waals surface area (Å²) in [6, 6.07) is 0. The van der Waals surface area contributed by atoms with Gasteiger partial charge in [0.05, 0.1) is 32.4 Å². The van der Waals surface area contributed by atoms with Crippen LogP contribution in [0.1, 0.15) is 0 Å². The number of hydrogen-bond donors (Lipinski definition) is 1. The molecule has 0 saturated carbocycles. The van der Waals surface area contributed by atoms with E-state index in [0.717, 1.165) is 7.11 Å². The Morgan fingerprint density at radius 1 is 0.694 bits per heavy atom. The van der Waals surface area contributed by atoms with Gasteiger partial charge in [-0.15, -0.1) is 4.33 Å². The Kier molecular flexibility index (Phi) is 10.5. The Labute approximate surface area is 200 Å². The molecule has 0 fully saturated rings. The average Bonchev–Trinajstić information content (AvgIpc) is 2.81. The Morgan fingerprint density at radius 2 is 1.11 bits per heavy atom. The van der Waals surface area contributed by atoms with Gasteiger partial charge in [0.1, 0.15) is 18.1 Å². The lowest BCUT2D eigenvalue weighted by Crippen LogP contribution is -2.16. The van der Waals surface area contributed by atoms with Crippen LogP contribution in [0.2, 0.25) is 0 Å². The third kappa shape index (κ3) is 6.66. The Bertz CT molecular complexity index is 1160. The van der Waals surface area contributed by atoms with Crippen molar-refractivity contribution in [2.24, 2.45) is 0 Å². The number of rotatable bonds is 13. The molecule has 0 aliphatic heterocycles. The quantitative estimate of drug-likeness (QED) is 0.0714. The Balaban J connectivity index is 1.92. The smallest absolute Gasteiger partial charge is 0.300 e. The van der Waals surface area contributed by atoms with Gasteiger partial charge in [-0.1, -0.05) is 5.04 Å². The fraction of sp³-hybridized carbons (Fsp3) is 0.294. The van der Waals surface area contributed by atoms with Crippen molar-refractivity contribution in [3.05, 3.63) is 46.5 Å². The van der Waals surface area contributed by atoms with Crippen molar-refractivity contribution >= 4 is 22.2 Å². The summed E-state index contributed by atoms with van der Waals surface area (Å²) in [4.78, 5) is 0.454. The normalized spacial score (nSPS) is 11.7. The molecule has 202 valence electrons. The molecule has 2 rings (SSSR count). The molecule has 36 heavy (non-hydrogen) atoms. The molecule has 0 spiro atoms. The molecular weight excluding hydrogens is 564 g/mol. The molecule has 0 atom stereocenters. The highest BCUT2D eigenvalue weighted by Crippen LogP contribution is 2.36. The maximum atomic E-state index is 14.0. The van der Waals surface area contributed by atoms with Crippen LogP contribution in [-0.4, -0.2) is 46.5 Å². The van der Waals surface area contributed by atoms with E-state index < -0.39 is 104 Å². The van der Waals surface area contributed by atoms with Gasteiger partial charge in [-0.3, -0.25) is 4.55 Å². The van der Waals surface area contributed by atoms with Crippen molar-refractivity contribution < 1.29 is 76.6 Å². The fourth-order valence-electron chi connectivity index (χ4n) is 2.32. The standard InChI is InChI=1S/C17H12F8O9S2/c1-29-33-34-35-16-10(22)6(18)14(7(19)11(16)23)31-4-2-30-3-5-32-15-8(20)12(24)17(36(26,27)28)13(25)9(15)21/h2-5H2,1H3,(H,26,27,28). The number of hydrogen-bond acceptors (Lipinski definition) is 9. The molecule has 0 radical (unpaired) electrons. The van der Waals surface area contributed by atoms with Crippen molar-refractivity contribution in [1.82, 2.24) is 0 Å². The molecule has 19 heteroatoms. The minimum absolute atomic E-state index is 0.237. The maximum Gasteiger partial charge on any atom is 0.300 e. The average molecular weight is 576 g/mol. The molecule has 0 aliphatic rings. The van der Waals surface area contributed by atoms with Crippen molar-refractivity contribution in [2.75, 3.05) is 33.5 Å². The lowest BCUT2D eigenvalue weighted by atomic mass is 10.3. The van der Waals surface area contributed by atoms with Crippen LogP contribution >= 0.6 is 12.0 Å². The molecule has 0 saturated heterocycles. The van der Waals surface area contributed by atoms with Crippen LogP contribution in [0.25, 0.3) is 0 Å². The molecule has 2 aromatic carbocycles. The first-order valence-electron chi connectivity index (χ1n) is 8.91. The lowest BCUT2D eigenvalue weighted by molar-refractivity contribution is -0.447. The maximum absolute atomic E-state index is 14.0. The van der Waals surface area contributed by atoms with Gasteiger partial charge in [0.25, 0.3) is 0 Å². The van der Waals surface area contributed by atoms with Crippen LogP contribution in [0, 0.1) is 46.5 Å². The minimum atomic E-state index is -5.65. The summed E-state index contributed by atoms with van der Waals surface area (Å²) < 4.78 is 159. The number of ether oxygens (including phenoxy) is 3. The van der Waals surface area contributed by atoms with Gasteiger partial charge in [0.2, 0.25) is 23.3 Å². The molecule has 1 N–H and O–H groups in total. The lowest BCUT2D eigenvalue weighted by Gasteiger charge is -2.13. The summed E-state index contributed by atoms with van der Waals surface area (Å²) in [5.74, 6) is -20.1. The predicted octanol–water partition coefficient (Wildman–Crippen LogP) is 4.04. The van der Waals surface area contributed by atoms with Crippen molar-refractivity contribution in [3.63, 3.8) is 0 Å². The van der Waals surface area contributed by atoms with Crippen LogP contribution in [0.15, 0.2) is 9.79 Å². The third-order valence-electron chi connectivity index (χ3n) is 3.78. The molecule has 0 bridgehead atoms.